The van der Waals surface area contributed by atoms with Crippen LogP contribution in [0.5, 0.6) is 0 Å². The second kappa shape index (κ2) is 5.95. The first kappa shape index (κ1) is 13.9. The maximum Gasteiger partial charge on any atom is 0.389 e. The number of aromatic carboxylic acids is 1. The van der Waals surface area contributed by atoms with Crippen molar-refractivity contribution in [3.8, 4) is 0 Å². The van der Waals surface area contributed by atoms with Crippen molar-refractivity contribution >= 4 is 17.7 Å². The van der Waals surface area contributed by atoms with E-state index in [9.17, 15) is 18.0 Å². The summed E-state index contributed by atoms with van der Waals surface area (Å²) in [5, 5.41) is 8.86. The number of carboxylic acid groups (broad SMARTS) is 1. The lowest BCUT2D eigenvalue weighted by Crippen LogP contribution is -2.07. The van der Waals surface area contributed by atoms with E-state index in [0.29, 0.717) is 4.90 Å². The number of halogens is 3. The smallest absolute Gasteiger partial charge is 0.389 e. The number of thioether (sulfide) groups is 1. The van der Waals surface area contributed by atoms with Gasteiger partial charge in [0.1, 0.15) is 0 Å². The van der Waals surface area contributed by atoms with Crippen molar-refractivity contribution < 1.29 is 23.1 Å². The highest BCUT2D eigenvalue weighted by molar-refractivity contribution is 7.99. The molecule has 0 aliphatic carbocycles. The van der Waals surface area contributed by atoms with Crippen LogP contribution in [0.3, 0.4) is 0 Å². The van der Waals surface area contributed by atoms with Crippen LogP contribution in [0.25, 0.3) is 0 Å². The number of hydrogen-bond acceptors (Lipinski definition) is 2. The van der Waals surface area contributed by atoms with E-state index in [1.807, 2.05) is 0 Å². The van der Waals surface area contributed by atoms with Gasteiger partial charge in [-0.3, -0.25) is 0 Å². The van der Waals surface area contributed by atoms with Crippen LogP contribution in [-0.4, -0.2) is 23.0 Å². The number of alkyl halides is 3. The zero-order valence-corrected chi connectivity index (χ0v) is 9.64. The lowest BCUT2D eigenvalue weighted by atomic mass is 10.2. The highest BCUT2D eigenvalue weighted by Crippen LogP contribution is 2.27. The van der Waals surface area contributed by atoms with E-state index in [0.717, 1.165) is 11.8 Å². The topological polar surface area (TPSA) is 37.3 Å². The van der Waals surface area contributed by atoms with Crippen molar-refractivity contribution in [1.82, 2.24) is 0 Å². The molecule has 0 bridgehead atoms. The zero-order valence-electron chi connectivity index (χ0n) is 8.83. The Hall–Kier alpha value is -1.17. The third kappa shape index (κ3) is 5.12. The summed E-state index contributed by atoms with van der Waals surface area (Å²) in [5.41, 5.74) is 0.129. The molecule has 2 nitrogen and oxygen atoms in total. The van der Waals surface area contributed by atoms with E-state index >= 15 is 0 Å². The average Bonchev–Trinajstić information content (AvgIpc) is 2.23. The molecule has 0 heterocycles. The average molecular weight is 264 g/mol. The minimum Gasteiger partial charge on any atom is -0.478 e. The van der Waals surface area contributed by atoms with Crippen molar-refractivity contribution in [2.45, 2.75) is 23.9 Å². The van der Waals surface area contributed by atoms with Crippen molar-refractivity contribution in [2.75, 3.05) is 5.75 Å². The Bertz CT molecular complexity index is 391. The molecule has 1 aromatic rings. The molecule has 0 aliphatic rings. The Labute approximate surface area is 101 Å². The lowest BCUT2D eigenvalue weighted by molar-refractivity contribution is -0.134. The van der Waals surface area contributed by atoms with Gasteiger partial charge in [-0.25, -0.2) is 4.79 Å². The van der Waals surface area contributed by atoms with Crippen molar-refractivity contribution in [2.24, 2.45) is 0 Å². The molecular formula is C11H11F3O2S. The van der Waals surface area contributed by atoms with Crippen LogP contribution >= 0.6 is 11.8 Å². The lowest BCUT2D eigenvalue weighted by Gasteiger charge is -2.07. The number of hydrogen-bond donors (Lipinski definition) is 1. The quantitative estimate of drug-likeness (QED) is 0.649. The Morgan fingerprint density at radius 1 is 1.29 bits per heavy atom. The molecule has 0 saturated heterocycles. The number of carbonyl (C=O) groups is 1. The molecule has 0 aromatic heterocycles. The first-order chi connectivity index (χ1) is 7.90. The van der Waals surface area contributed by atoms with Crippen LogP contribution < -0.4 is 0 Å². The molecule has 1 aromatic carbocycles. The Balaban J connectivity index is 2.49. The molecule has 0 saturated carbocycles. The molecule has 0 spiro atoms. The summed E-state index contributed by atoms with van der Waals surface area (Å²) in [5.74, 6) is -0.812. The Morgan fingerprint density at radius 2 is 1.94 bits per heavy atom. The summed E-state index contributed by atoms with van der Waals surface area (Å²) in [6.07, 6.45) is -5.00. The van der Waals surface area contributed by atoms with E-state index in [-0.39, 0.29) is 17.7 Å². The van der Waals surface area contributed by atoms with Crippen LogP contribution in [-0.2, 0) is 0 Å². The van der Waals surface area contributed by atoms with E-state index in [2.05, 4.69) is 0 Å². The SMILES string of the molecule is O=C(O)c1ccccc1SCCCC(F)(F)F. The van der Waals surface area contributed by atoms with Gasteiger partial charge in [0.05, 0.1) is 5.56 Å². The molecule has 0 unspecified atom stereocenters. The number of rotatable bonds is 5. The largest absolute Gasteiger partial charge is 0.478 e. The van der Waals surface area contributed by atoms with Gasteiger partial charge in [-0.1, -0.05) is 12.1 Å². The van der Waals surface area contributed by atoms with Crippen molar-refractivity contribution in [1.29, 1.82) is 0 Å². The van der Waals surface area contributed by atoms with Gasteiger partial charge in [0.25, 0.3) is 0 Å². The molecule has 0 radical (unpaired) electrons. The normalized spacial score (nSPS) is 11.5. The second-order valence-electron chi connectivity index (χ2n) is 3.37. The third-order valence-corrected chi connectivity index (χ3v) is 3.14. The summed E-state index contributed by atoms with van der Waals surface area (Å²) in [6.45, 7) is 0. The molecule has 6 heteroatoms. The van der Waals surface area contributed by atoms with Gasteiger partial charge in [-0.2, -0.15) is 13.2 Å². The van der Waals surface area contributed by atoms with Crippen LogP contribution in [0.15, 0.2) is 29.2 Å². The van der Waals surface area contributed by atoms with E-state index < -0.39 is 18.6 Å². The predicted octanol–water partition coefficient (Wildman–Crippen LogP) is 3.82. The molecular weight excluding hydrogens is 253 g/mol. The molecule has 0 aliphatic heterocycles. The van der Waals surface area contributed by atoms with E-state index in [1.165, 1.54) is 6.07 Å². The van der Waals surface area contributed by atoms with Gasteiger partial charge in [0, 0.05) is 11.3 Å². The fraction of sp³-hybridized carbons (Fsp3) is 0.364. The molecule has 94 valence electrons. The van der Waals surface area contributed by atoms with Crippen LogP contribution in [0.1, 0.15) is 23.2 Å². The summed E-state index contributed by atoms with van der Waals surface area (Å²) < 4.78 is 35.7. The van der Waals surface area contributed by atoms with Gasteiger partial charge in [-0.05, 0) is 24.3 Å². The Kier molecular flexibility index (Phi) is 4.86. The molecule has 0 atom stereocenters. The summed E-state index contributed by atoms with van der Waals surface area (Å²) in [6, 6.07) is 6.29. The predicted molar refractivity (Wildman–Crippen MR) is 59.4 cm³/mol. The van der Waals surface area contributed by atoms with Gasteiger partial charge >= 0.3 is 12.1 Å². The van der Waals surface area contributed by atoms with Crippen LogP contribution in [0.4, 0.5) is 13.2 Å². The minimum atomic E-state index is -4.15. The monoisotopic (exact) mass is 264 g/mol. The van der Waals surface area contributed by atoms with Gasteiger partial charge in [-0.15, -0.1) is 11.8 Å². The highest BCUT2D eigenvalue weighted by atomic mass is 32.2. The summed E-state index contributed by atoms with van der Waals surface area (Å²) >= 11 is 1.14. The van der Waals surface area contributed by atoms with Crippen molar-refractivity contribution in [3.63, 3.8) is 0 Å². The standard InChI is InChI=1S/C11H11F3O2S/c12-11(13,14)6-3-7-17-9-5-2-1-4-8(9)10(15)16/h1-2,4-5H,3,6-7H2,(H,15,16). The molecule has 0 amide bonds. The van der Waals surface area contributed by atoms with E-state index in [4.69, 9.17) is 5.11 Å². The number of benzene rings is 1. The third-order valence-electron chi connectivity index (χ3n) is 1.98. The second-order valence-corrected chi connectivity index (χ2v) is 4.51. The van der Waals surface area contributed by atoms with Crippen molar-refractivity contribution in [3.05, 3.63) is 29.8 Å². The maximum absolute atomic E-state index is 11.9. The fourth-order valence-corrected chi connectivity index (χ4v) is 2.22. The highest BCUT2D eigenvalue weighted by Gasteiger charge is 2.26. The van der Waals surface area contributed by atoms with Gasteiger partial charge < -0.3 is 5.11 Å². The van der Waals surface area contributed by atoms with Crippen LogP contribution in [0.2, 0.25) is 0 Å². The molecule has 17 heavy (non-hydrogen) atoms. The summed E-state index contributed by atoms with van der Waals surface area (Å²) in [7, 11) is 0. The molecule has 1 rings (SSSR count). The zero-order chi connectivity index (χ0) is 12.9. The first-order valence-electron chi connectivity index (χ1n) is 4.92. The summed E-state index contributed by atoms with van der Waals surface area (Å²) in [4.78, 5) is 11.3. The minimum absolute atomic E-state index is 0.0118. The van der Waals surface area contributed by atoms with Crippen LogP contribution in [0, 0.1) is 0 Å². The Morgan fingerprint density at radius 3 is 2.53 bits per heavy atom. The maximum atomic E-state index is 11.9. The van der Waals surface area contributed by atoms with Gasteiger partial charge in [0.15, 0.2) is 0 Å². The molecule has 1 N–H and O–H groups in total. The first-order valence-corrected chi connectivity index (χ1v) is 5.90. The van der Waals surface area contributed by atoms with Gasteiger partial charge in [0.2, 0.25) is 0 Å². The number of carboxylic acids is 1. The fourth-order valence-electron chi connectivity index (χ4n) is 1.22. The molecule has 0 fully saturated rings. The van der Waals surface area contributed by atoms with E-state index in [1.54, 1.807) is 18.2 Å².